The molecule has 306 valence electrons. The molecule has 2 fully saturated rings. The van der Waals surface area contributed by atoms with Crippen LogP contribution in [0.25, 0.3) is 27.6 Å². The molecule has 0 saturated carbocycles. The molecule has 5 heterocycles. The van der Waals surface area contributed by atoms with Gasteiger partial charge in [0.2, 0.25) is 17.7 Å². The first kappa shape index (κ1) is 39.4. The molecule has 1 unspecified atom stereocenters. The van der Waals surface area contributed by atoms with E-state index in [9.17, 15) is 14.4 Å². The Morgan fingerprint density at radius 2 is 1.90 bits per heavy atom. The Morgan fingerprint density at radius 1 is 1.05 bits per heavy atom. The third-order valence-corrected chi connectivity index (χ3v) is 11.7. The molecule has 59 heavy (non-hydrogen) atoms. The van der Waals surface area contributed by atoms with Gasteiger partial charge < -0.3 is 25.3 Å². The molecule has 3 amide bonds. The number of aromatic amines is 1. The lowest BCUT2D eigenvalue weighted by Crippen LogP contribution is -2.47. The Kier molecular flexibility index (Phi) is 11.5. The number of methoxy groups -OCH3 is 1. The number of rotatable bonds is 13. The number of hydrogen-bond acceptors (Lipinski definition) is 11. The molecule has 3 aliphatic rings. The molecule has 16 heteroatoms. The lowest BCUT2D eigenvalue weighted by molar-refractivity contribution is -0.134. The summed E-state index contributed by atoms with van der Waals surface area (Å²) in [6, 6.07) is 13.9. The highest BCUT2D eigenvalue weighted by atomic mass is 19.1. The zero-order chi connectivity index (χ0) is 41.0. The van der Waals surface area contributed by atoms with Crippen molar-refractivity contribution in [2.45, 2.75) is 38.6 Å². The van der Waals surface area contributed by atoms with Gasteiger partial charge in [0.05, 0.1) is 37.7 Å². The van der Waals surface area contributed by atoms with Crippen LogP contribution in [0, 0.1) is 17.1 Å². The van der Waals surface area contributed by atoms with E-state index in [0.29, 0.717) is 60.3 Å². The highest BCUT2D eigenvalue weighted by Gasteiger charge is 2.32. The van der Waals surface area contributed by atoms with Gasteiger partial charge in [-0.25, -0.2) is 4.39 Å². The van der Waals surface area contributed by atoms with Crippen molar-refractivity contribution >= 4 is 51.3 Å². The molecule has 0 bridgehead atoms. The number of imide groups is 1. The largest absolute Gasteiger partial charge is 0.496 e. The van der Waals surface area contributed by atoms with Crippen molar-refractivity contribution in [1.82, 2.24) is 40.3 Å². The number of halogens is 1. The lowest BCUT2D eigenvalue weighted by atomic mass is 9.87. The Morgan fingerprint density at radius 3 is 2.66 bits per heavy atom. The molecule has 3 aliphatic heterocycles. The maximum Gasteiger partial charge on any atom is 0.235 e. The zero-order valence-corrected chi connectivity index (χ0v) is 33.3. The number of piperidine rings is 1. The fraction of sp³-hybridized carbons (Fsp3) is 0.372. The SMILES string of the molecule is CNc1c(CCN2CCN(c3ccc(-c4cc(C5=CCCN(C(=O)CCn6ccnn6)C5)c(F)c5[nH]ncc45)c(OC)c3)CC2)cccc1C(=N)C1CCC(=O)NC1=O. The maximum atomic E-state index is 16.2. The van der Waals surface area contributed by atoms with Gasteiger partial charge in [-0.1, -0.05) is 29.5 Å². The number of carbonyl (C=O) groups is 3. The molecule has 0 spiro atoms. The molecule has 1 atom stereocenters. The molecule has 3 aromatic carbocycles. The average Bonchev–Trinajstić information content (AvgIpc) is 3.99. The van der Waals surface area contributed by atoms with E-state index in [1.165, 1.54) is 0 Å². The van der Waals surface area contributed by atoms with E-state index >= 15 is 4.39 Å². The third kappa shape index (κ3) is 8.17. The number of nitrogens with one attached hydrogen (secondary N) is 4. The van der Waals surface area contributed by atoms with Gasteiger partial charge in [0.25, 0.3) is 0 Å². The van der Waals surface area contributed by atoms with Crippen LogP contribution >= 0.6 is 0 Å². The topological polar surface area (TPSA) is 177 Å². The molecule has 2 aromatic heterocycles. The van der Waals surface area contributed by atoms with Gasteiger partial charge in [-0.15, -0.1) is 5.10 Å². The summed E-state index contributed by atoms with van der Waals surface area (Å²) in [7, 11) is 3.48. The quantitative estimate of drug-likeness (QED) is 0.0980. The number of aromatic nitrogens is 5. The molecule has 5 aromatic rings. The average molecular weight is 802 g/mol. The van der Waals surface area contributed by atoms with Crippen LogP contribution in [0.15, 0.2) is 67.1 Å². The second-order valence-electron chi connectivity index (χ2n) is 15.2. The van der Waals surface area contributed by atoms with E-state index in [1.54, 1.807) is 35.3 Å². The van der Waals surface area contributed by atoms with Crippen LogP contribution in [0.2, 0.25) is 0 Å². The molecule has 0 aliphatic carbocycles. The van der Waals surface area contributed by atoms with Gasteiger partial charge in [0, 0.05) is 111 Å². The van der Waals surface area contributed by atoms with Gasteiger partial charge in [0.1, 0.15) is 11.3 Å². The number of anilines is 2. The minimum Gasteiger partial charge on any atom is -0.496 e. The van der Waals surface area contributed by atoms with Crippen LogP contribution in [0.5, 0.6) is 5.75 Å². The van der Waals surface area contributed by atoms with E-state index in [1.807, 2.05) is 43.5 Å². The summed E-state index contributed by atoms with van der Waals surface area (Å²) in [4.78, 5) is 43.9. The van der Waals surface area contributed by atoms with Crippen LogP contribution in [0.3, 0.4) is 0 Å². The van der Waals surface area contributed by atoms with Gasteiger partial charge in [-0.2, -0.15) is 5.10 Å². The number of carbonyl (C=O) groups excluding carboxylic acids is 3. The van der Waals surface area contributed by atoms with E-state index in [0.717, 1.165) is 72.8 Å². The minimum atomic E-state index is -0.651. The number of fused-ring (bicyclic) bond motifs is 1. The predicted molar refractivity (Wildman–Crippen MR) is 223 cm³/mol. The van der Waals surface area contributed by atoms with Gasteiger partial charge in [0.15, 0.2) is 5.82 Å². The number of nitrogens with zero attached hydrogens (tertiary/aromatic N) is 7. The smallest absolute Gasteiger partial charge is 0.235 e. The highest BCUT2D eigenvalue weighted by Crippen LogP contribution is 2.41. The number of ether oxygens (including phenoxy) is 1. The molecular weight excluding hydrogens is 754 g/mol. The van der Waals surface area contributed by atoms with Crippen LogP contribution in [0.4, 0.5) is 15.8 Å². The summed E-state index contributed by atoms with van der Waals surface area (Å²) >= 11 is 0. The van der Waals surface area contributed by atoms with Crippen molar-refractivity contribution in [3.8, 4) is 16.9 Å². The van der Waals surface area contributed by atoms with Crippen molar-refractivity contribution in [3.63, 3.8) is 0 Å². The van der Waals surface area contributed by atoms with Gasteiger partial charge in [-0.05, 0) is 54.2 Å². The number of H-pyrrole nitrogens is 1. The van der Waals surface area contributed by atoms with Gasteiger partial charge in [-0.3, -0.25) is 34.4 Å². The summed E-state index contributed by atoms with van der Waals surface area (Å²) in [6.45, 7) is 5.47. The van der Waals surface area contributed by atoms with E-state index < -0.39 is 17.6 Å². The summed E-state index contributed by atoms with van der Waals surface area (Å²) in [5, 5.41) is 30.0. The normalized spacial score (nSPS) is 17.5. The molecule has 0 radical (unpaired) electrons. The van der Waals surface area contributed by atoms with Crippen molar-refractivity contribution < 1.29 is 23.5 Å². The number of amides is 3. The molecule has 2 saturated heterocycles. The van der Waals surface area contributed by atoms with Crippen LogP contribution in [-0.2, 0) is 27.3 Å². The van der Waals surface area contributed by atoms with Crippen molar-refractivity contribution in [2.24, 2.45) is 5.92 Å². The molecular formula is C43H48FN11O4. The maximum absolute atomic E-state index is 16.2. The van der Waals surface area contributed by atoms with Crippen molar-refractivity contribution in [2.75, 3.05) is 70.2 Å². The van der Waals surface area contributed by atoms with Crippen molar-refractivity contribution in [1.29, 1.82) is 5.41 Å². The number of aryl methyl sites for hydroxylation is 1. The third-order valence-electron chi connectivity index (χ3n) is 11.7. The number of hydrogen-bond donors (Lipinski definition) is 4. The highest BCUT2D eigenvalue weighted by molar-refractivity contribution is 6.17. The molecule has 15 nitrogen and oxygen atoms in total. The Labute approximate surface area is 341 Å². The van der Waals surface area contributed by atoms with E-state index in [4.69, 9.17) is 10.1 Å². The predicted octanol–water partition coefficient (Wildman–Crippen LogP) is 4.50. The first-order chi connectivity index (χ1) is 28.7. The second kappa shape index (κ2) is 17.2. The lowest BCUT2D eigenvalue weighted by Gasteiger charge is -2.36. The number of benzene rings is 3. The fourth-order valence-corrected chi connectivity index (χ4v) is 8.50. The molecule has 4 N–H and O–H groups in total. The fourth-order valence-electron chi connectivity index (χ4n) is 8.50. The minimum absolute atomic E-state index is 0.0219. The summed E-state index contributed by atoms with van der Waals surface area (Å²) in [6.07, 6.45) is 9.19. The Bertz CT molecular complexity index is 2420. The zero-order valence-electron chi connectivity index (χ0n) is 33.3. The molecule has 8 rings (SSSR count). The summed E-state index contributed by atoms with van der Waals surface area (Å²) in [5.41, 5.74) is 6.93. The second-order valence-corrected chi connectivity index (χ2v) is 15.2. The number of para-hydroxylation sites is 1. The van der Waals surface area contributed by atoms with Crippen LogP contribution < -0.4 is 20.3 Å². The monoisotopic (exact) mass is 801 g/mol. The van der Waals surface area contributed by atoms with Crippen LogP contribution in [0.1, 0.15) is 42.4 Å². The number of piperazine rings is 1. The Balaban J connectivity index is 0.938. The standard InChI is InChI=1S/C43H48FN11O4/c1-46-41-27(5-3-7-31(41)40(45)32-10-11-37(56)49-43(32)58)12-16-52-19-21-53(22-20-52)29-8-9-30(36(23-29)59-2)34-24-33(39(44)42-35(34)25-48-50-42)28-6-4-15-54(26-28)38(57)13-17-55-18-14-47-51-55/h3,5-9,14,18,23-25,32,45-46H,4,10-13,15-17,19-22,26H2,1-2H3,(H,48,50)(H,49,56,58). The summed E-state index contributed by atoms with van der Waals surface area (Å²) < 4.78 is 23.8. The first-order valence-electron chi connectivity index (χ1n) is 20.1. The van der Waals surface area contributed by atoms with Gasteiger partial charge >= 0.3 is 0 Å². The first-order valence-corrected chi connectivity index (χ1v) is 20.1. The Hall–Kier alpha value is -6.42. The summed E-state index contributed by atoms with van der Waals surface area (Å²) in [5.74, 6) is -1.11. The van der Waals surface area contributed by atoms with E-state index in [-0.39, 0.29) is 30.4 Å². The van der Waals surface area contributed by atoms with Crippen molar-refractivity contribution in [3.05, 3.63) is 89.6 Å². The van der Waals surface area contributed by atoms with Crippen LogP contribution in [-0.4, -0.2) is 118 Å². The van der Waals surface area contributed by atoms with E-state index in [2.05, 4.69) is 53.1 Å².